The van der Waals surface area contributed by atoms with Gasteiger partial charge in [-0.1, -0.05) is 57.3 Å². The summed E-state index contributed by atoms with van der Waals surface area (Å²) in [7, 11) is 0. The number of amides is 1. The third kappa shape index (κ3) is 6.35. The van der Waals surface area contributed by atoms with Gasteiger partial charge in [-0.25, -0.2) is 0 Å². The number of halogens is 3. The van der Waals surface area contributed by atoms with E-state index in [-0.39, 0.29) is 12.5 Å². The highest BCUT2D eigenvalue weighted by Gasteiger charge is 2.11. The summed E-state index contributed by atoms with van der Waals surface area (Å²) >= 11 is 15.6. The second kappa shape index (κ2) is 10.5. The maximum atomic E-state index is 12.3. The van der Waals surface area contributed by atoms with Gasteiger partial charge in [0.05, 0.1) is 16.7 Å². The second-order valence-corrected chi connectivity index (χ2v) is 8.44. The average molecular weight is 516 g/mol. The average Bonchev–Trinajstić information content (AvgIpc) is 2.72. The molecule has 0 saturated carbocycles. The number of benzene rings is 3. The molecule has 0 saturated heterocycles. The molecular formula is C24H17BrCl2N2O2. The molecule has 31 heavy (non-hydrogen) atoms. The molecule has 7 heteroatoms. The zero-order valence-corrected chi connectivity index (χ0v) is 19.6. The van der Waals surface area contributed by atoms with Gasteiger partial charge in [0.1, 0.15) is 5.75 Å². The highest BCUT2D eigenvalue weighted by molar-refractivity contribution is 9.10. The molecule has 1 N–H and O–H groups in total. The van der Waals surface area contributed by atoms with Crippen LogP contribution < -0.4 is 10.1 Å². The van der Waals surface area contributed by atoms with Gasteiger partial charge in [0.15, 0.2) is 6.61 Å². The molecule has 1 amide bonds. The molecule has 0 fully saturated rings. The van der Waals surface area contributed by atoms with Crippen molar-refractivity contribution in [2.24, 2.45) is 0 Å². The molecule has 0 radical (unpaired) electrons. The van der Waals surface area contributed by atoms with Gasteiger partial charge in [-0.15, -0.1) is 0 Å². The summed E-state index contributed by atoms with van der Waals surface area (Å²) in [6, 6.07) is 19.9. The van der Waals surface area contributed by atoms with Gasteiger partial charge in [0.2, 0.25) is 0 Å². The van der Waals surface area contributed by atoms with Crippen molar-refractivity contribution in [3.05, 3.63) is 91.9 Å². The molecule has 3 aromatic carbocycles. The quantitative estimate of drug-likeness (QED) is 0.280. The summed E-state index contributed by atoms with van der Waals surface area (Å²) in [5, 5.41) is 13.3. The van der Waals surface area contributed by atoms with Gasteiger partial charge in [-0.2, -0.15) is 5.26 Å². The zero-order valence-electron chi connectivity index (χ0n) is 16.5. The first-order chi connectivity index (χ1) is 14.9. The Morgan fingerprint density at radius 2 is 1.97 bits per heavy atom. The van der Waals surface area contributed by atoms with Crippen molar-refractivity contribution in [1.29, 1.82) is 5.26 Å². The Morgan fingerprint density at radius 3 is 2.68 bits per heavy atom. The minimum Gasteiger partial charge on any atom is -0.483 e. The molecule has 0 heterocycles. The van der Waals surface area contributed by atoms with Crippen LogP contribution in [-0.4, -0.2) is 12.5 Å². The first-order valence-corrected chi connectivity index (χ1v) is 10.8. The van der Waals surface area contributed by atoms with Crippen molar-refractivity contribution in [3.63, 3.8) is 0 Å². The minimum atomic E-state index is -0.287. The summed E-state index contributed by atoms with van der Waals surface area (Å²) in [4.78, 5) is 12.3. The van der Waals surface area contributed by atoms with Crippen LogP contribution in [0.2, 0.25) is 10.0 Å². The lowest BCUT2D eigenvalue weighted by Crippen LogP contribution is -2.20. The molecule has 156 valence electrons. The molecule has 0 aliphatic heterocycles. The molecule has 4 nitrogen and oxygen atoms in total. The van der Waals surface area contributed by atoms with Crippen molar-refractivity contribution >= 4 is 62.4 Å². The van der Waals surface area contributed by atoms with Gasteiger partial charge < -0.3 is 10.1 Å². The van der Waals surface area contributed by atoms with E-state index in [0.717, 1.165) is 10.0 Å². The molecule has 3 rings (SSSR count). The minimum absolute atomic E-state index is 0.181. The first-order valence-electron chi connectivity index (χ1n) is 9.22. The van der Waals surface area contributed by atoms with Crippen molar-refractivity contribution in [1.82, 2.24) is 0 Å². The van der Waals surface area contributed by atoms with E-state index in [9.17, 15) is 10.1 Å². The molecule has 0 unspecified atom stereocenters. The van der Waals surface area contributed by atoms with Gasteiger partial charge in [-0.3, -0.25) is 4.79 Å². The van der Waals surface area contributed by atoms with Crippen LogP contribution in [0.1, 0.15) is 16.7 Å². The van der Waals surface area contributed by atoms with Crippen LogP contribution in [0.25, 0.3) is 11.6 Å². The number of carbonyl (C=O) groups excluding carboxylic acids is 1. The maximum Gasteiger partial charge on any atom is 0.262 e. The monoisotopic (exact) mass is 514 g/mol. The number of hydrogen-bond donors (Lipinski definition) is 1. The summed E-state index contributed by atoms with van der Waals surface area (Å²) in [6.45, 7) is 1.77. The lowest BCUT2D eigenvalue weighted by atomic mass is 10.0. The SMILES string of the molecule is Cc1cccc(NC(=O)COc2ccc(Br)cc2/C=C(\C#N)c2ccc(Cl)cc2Cl)c1. The fraction of sp³-hybridized carbons (Fsp3) is 0.0833. The van der Waals surface area contributed by atoms with Gasteiger partial charge >= 0.3 is 0 Å². The van der Waals surface area contributed by atoms with Crippen molar-refractivity contribution in [2.45, 2.75) is 6.92 Å². The van der Waals surface area contributed by atoms with Crippen LogP contribution >= 0.6 is 39.1 Å². The van der Waals surface area contributed by atoms with Crippen molar-refractivity contribution < 1.29 is 9.53 Å². The largest absolute Gasteiger partial charge is 0.483 e. The van der Waals surface area contributed by atoms with Crippen LogP contribution in [-0.2, 0) is 4.79 Å². The maximum absolute atomic E-state index is 12.3. The Kier molecular flexibility index (Phi) is 7.75. The first kappa shape index (κ1) is 22.9. The van der Waals surface area contributed by atoms with Crippen molar-refractivity contribution in [3.8, 4) is 11.8 Å². The lowest BCUT2D eigenvalue weighted by Gasteiger charge is -2.11. The van der Waals surface area contributed by atoms with E-state index in [2.05, 4.69) is 27.3 Å². The van der Waals surface area contributed by atoms with E-state index in [4.69, 9.17) is 27.9 Å². The Hall–Kier alpha value is -2.78. The van der Waals surface area contributed by atoms with Crippen LogP contribution in [0.3, 0.4) is 0 Å². The fourth-order valence-corrected chi connectivity index (χ4v) is 3.75. The Bertz CT molecular complexity index is 1200. The number of carbonyl (C=O) groups is 1. The van der Waals surface area contributed by atoms with E-state index in [1.165, 1.54) is 0 Å². The lowest BCUT2D eigenvalue weighted by molar-refractivity contribution is -0.118. The predicted octanol–water partition coefficient (Wildman–Crippen LogP) is 7.15. The normalized spacial score (nSPS) is 11.0. The second-order valence-electron chi connectivity index (χ2n) is 6.68. The number of aryl methyl sites for hydroxylation is 1. The molecular weight excluding hydrogens is 499 g/mol. The summed E-state index contributed by atoms with van der Waals surface area (Å²) in [5.41, 5.74) is 3.27. The molecule has 0 atom stereocenters. The smallest absolute Gasteiger partial charge is 0.262 e. The van der Waals surface area contributed by atoms with E-state index in [1.54, 1.807) is 42.5 Å². The molecule has 0 bridgehead atoms. The number of ether oxygens (including phenoxy) is 1. The van der Waals surface area contributed by atoms with Crippen LogP contribution in [0.15, 0.2) is 65.1 Å². The summed E-state index contributed by atoms with van der Waals surface area (Å²) < 4.78 is 6.55. The van der Waals surface area contributed by atoms with Crippen molar-refractivity contribution in [2.75, 3.05) is 11.9 Å². The number of nitriles is 1. The third-order valence-electron chi connectivity index (χ3n) is 4.27. The number of allylic oxidation sites excluding steroid dienone is 1. The van der Waals surface area contributed by atoms with Crippen LogP contribution in [0, 0.1) is 18.3 Å². The zero-order chi connectivity index (χ0) is 22.4. The number of anilines is 1. The van der Waals surface area contributed by atoms with E-state index in [0.29, 0.717) is 38.2 Å². The highest BCUT2D eigenvalue weighted by Crippen LogP contribution is 2.31. The summed E-state index contributed by atoms with van der Waals surface area (Å²) in [5.74, 6) is 0.171. The Morgan fingerprint density at radius 1 is 1.16 bits per heavy atom. The van der Waals surface area contributed by atoms with Gasteiger partial charge in [0, 0.05) is 26.3 Å². The standard InChI is InChI=1S/C24H17BrCl2N2O2/c1-15-3-2-4-20(9-15)29-24(30)14-31-23-8-5-18(25)11-16(23)10-17(13-28)21-7-6-19(26)12-22(21)27/h2-12H,14H2,1H3,(H,29,30)/b17-10+. The van der Waals surface area contributed by atoms with E-state index >= 15 is 0 Å². The molecule has 0 aliphatic rings. The van der Waals surface area contributed by atoms with Crippen LogP contribution in [0.5, 0.6) is 5.75 Å². The predicted molar refractivity (Wildman–Crippen MR) is 129 cm³/mol. The van der Waals surface area contributed by atoms with E-state index < -0.39 is 0 Å². The molecule has 3 aromatic rings. The third-order valence-corrected chi connectivity index (χ3v) is 5.32. The molecule has 0 spiro atoms. The number of nitrogens with one attached hydrogen (secondary N) is 1. The molecule has 0 aliphatic carbocycles. The van der Waals surface area contributed by atoms with E-state index in [1.807, 2.05) is 31.2 Å². The van der Waals surface area contributed by atoms with Crippen LogP contribution in [0.4, 0.5) is 5.69 Å². The number of hydrogen-bond acceptors (Lipinski definition) is 3. The Labute approximate surface area is 199 Å². The van der Waals surface area contributed by atoms with Gasteiger partial charge in [-0.05, 0) is 61.0 Å². The number of rotatable bonds is 6. The topological polar surface area (TPSA) is 62.1 Å². The molecule has 0 aromatic heterocycles. The highest BCUT2D eigenvalue weighted by atomic mass is 79.9. The van der Waals surface area contributed by atoms with Gasteiger partial charge in [0.25, 0.3) is 5.91 Å². The Balaban J connectivity index is 1.82. The number of nitrogens with zero attached hydrogens (tertiary/aromatic N) is 1. The summed E-state index contributed by atoms with van der Waals surface area (Å²) in [6.07, 6.45) is 1.66. The fourth-order valence-electron chi connectivity index (χ4n) is 2.86.